The summed E-state index contributed by atoms with van der Waals surface area (Å²) in [5.74, 6) is 1.15. The summed E-state index contributed by atoms with van der Waals surface area (Å²) in [5.41, 5.74) is 3.35. The number of aryl methyl sites for hydroxylation is 2. The Hall–Kier alpha value is -0.870. The van der Waals surface area contributed by atoms with Gasteiger partial charge < -0.3 is 0 Å². The molecule has 5 heteroatoms. The van der Waals surface area contributed by atoms with Crippen molar-refractivity contribution in [2.75, 3.05) is 0 Å². The number of nitrogens with zero attached hydrogens (tertiary/aromatic N) is 3. The van der Waals surface area contributed by atoms with Gasteiger partial charge in [-0.15, -0.1) is 10.2 Å². The van der Waals surface area contributed by atoms with Gasteiger partial charge in [-0.05, 0) is 48.7 Å². The monoisotopic (exact) mass is 327 g/mol. The second-order valence-corrected chi connectivity index (χ2v) is 5.84. The zero-order chi connectivity index (χ0) is 13.4. The van der Waals surface area contributed by atoms with Gasteiger partial charge in [-0.3, -0.25) is 4.57 Å². The number of aromatic nitrogens is 3. The maximum Gasteiger partial charge on any atom is 0.229 e. The Morgan fingerprint density at radius 3 is 2.22 bits per heavy atom. The molecule has 0 aliphatic rings. The first kappa shape index (κ1) is 13.6. The minimum absolute atomic E-state index is 0.272. The van der Waals surface area contributed by atoms with Crippen LogP contribution in [-0.4, -0.2) is 14.8 Å². The van der Waals surface area contributed by atoms with Crippen LogP contribution in [-0.2, 0) is 0 Å². The van der Waals surface area contributed by atoms with Crippen LogP contribution in [0, 0.1) is 13.8 Å². The smallest absolute Gasteiger partial charge is 0.229 e. The number of halogens is 2. The molecule has 0 saturated heterocycles. The highest BCUT2D eigenvalue weighted by atomic mass is 79.9. The zero-order valence-electron chi connectivity index (χ0n) is 10.8. The van der Waals surface area contributed by atoms with Gasteiger partial charge in [-0.25, -0.2) is 0 Å². The van der Waals surface area contributed by atoms with Gasteiger partial charge in [-0.1, -0.05) is 29.8 Å². The summed E-state index contributed by atoms with van der Waals surface area (Å²) in [4.78, 5) is 0. The molecule has 0 N–H and O–H groups in total. The van der Waals surface area contributed by atoms with Crippen molar-refractivity contribution in [2.24, 2.45) is 0 Å². The lowest BCUT2D eigenvalue weighted by atomic mass is 10.1. The summed E-state index contributed by atoms with van der Waals surface area (Å²) in [6.07, 6.45) is 0. The zero-order valence-corrected chi connectivity index (χ0v) is 13.2. The Kier molecular flexibility index (Phi) is 3.78. The average molecular weight is 329 g/mol. The molecule has 2 aromatic rings. The summed E-state index contributed by atoms with van der Waals surface area (Å²) < 4.78 is 3.03. The summed E-state index contributed by atoms with van der Waals surface area (Å²) in [6, 6.07) is 4.16. The Balaban J connectivity index is 2.65. The van der Waals surface area contributed by atoms with E-state index in [1.165, 1.54) is 11.1 Å². The lowest BCUT2D eigenvalue weighted by molar-refractivity contribution is 0.745. The fraction of sp³-hybridized carbons (Fsp3) is 0.385. The standard InChI is InChI=1S/C13H15BrClN3/c1-7(2)12-16-17-13(15)18(12)10-5-8(3)11(14)9(4)6-10/h5-7H,1-4H3. The fourth-order valence-electron chi connectivity index (χ4n) is 1.94. The third-order valence-electron chi connectivity index (χ3n) is 2.84. The minimum Gasteiger partial charge on any atom is -0.270 e. The van der Waals surface area contributed by atoms with Gasteiger partial charge in [0.05, 0.1) is 5.69 Å². The number of rotatable bonds is 2. The first-order valence-electron chi connectivity index (χ1n) is 5.79. The Morgan fingerprint density at radius 2 is 1.72 bits per heavy atom. The molecule has 0 saturated carbocycles. The Bertz CT molecular complexity index is 567. The van der Waals surface area contributed by atoms with Crippen LogP contribution in [0.25, 0.3) is 5.69 Å². The third-order valence-corrected chi connectivity index (χ3v) is 4.34. The van der Waals surface area contributed by atoms with Gasteiger partial charge in [-0.2, -0.15) is 0 Å². The van der Waals surface area contributed by atoms with Crippen molar-refractivity contribution in [1.29, 1.82) is 0 Å². The summed E-state index contributed by atoms with van der Waals surface area (Å²) in [6.45, 7) is 8.28. The molecule has 96 valence electrons. The van der Waals surface area contributed by atoms with Crippen molar-refractivity contribution in [3.63, 3.8) is 0 Å². The van der Waals surface area contributed by atoms with Crippen LogP contribution < -0.4 is 0 Å². The van der Waals surface area contributed by atoms with Crippen LogP contribution in [0.3, 0.4) is 0 Å². The van der Waals surface area contributed by atoms with E-state index in [2.05, 4.69) is 66.0 Å². The molecule has 1 heterocycles. The van der Waals surface area contributed by atoms with Crippen LogP contribution in [0.4, 0.5) is 0 Å². The van der Waals surface area contributed by atoms with Crippen molar-refractivity contribution < 1.29 is 0 Å². The Labute approximate surface area is 120 Å². The van der Waals surface area contributed by atoms with Crippen LogP contribution in [0.1, 0.15) is 36.7 Å². The lowest BCUT2D eigenvalue weighted by Gasteiger charge is -2.13. The molecule has 18 heavy (non-hydrogen) atoms. The largest absolute Gasteiger partial charge is 0.270 e. The van der Waals surface area contributed by atoms with Gasteiger partial charge in [0.2, 0.25) is 5.28 Å². The highest BCUT2D eigenvalue weighted by Gasteiger charge is 2.16. The molecule has 0 fully saturated rings. The van der Waals surface area contributed by atoms with Gasteiger partial charge in [0.1, 0.15) is 5.82 Å². The molecule has 0 atom stereocenters. The average Bonchev–Trinajstić information content (AvgIpc) is 2.67. The van der Waals surface area contributed by atoms with E-state index in [9.17, 15) is 0 Å². The molecular formula is C13H15BrClN3. The third kappa shape index (κ3) is 2.31. The highest BCUT2D eigenvalue weighted by molar-refractivity contribution is 9.10. The molecule has 0 amide bonds. The summed E-state index contributed by atoms with van der Waals surface area (Å²) >= 11 is 9.71. The van der Waals surface area contributed by atoms with Crippen molar-refractivity contribution in [1.82, 2.24) is 14.8 Å². The normalized spacial score (nSPS) is 11.3. The number of hydrogen-bond donors (Lipinski definition) is 0. The molecule has 0 unspecified atom stereocenters. The first-order chi connectivity index (χ1) is 8.41. The van der Waals surface area contributed by atoms with E-state index in [1.54, 1.807) is 0 Å². The molecule has 0 aliphatic carbocycles. The minimum atomic E-state index is 0.272. The van der Waals surface area contributed by atoms with E-state index in [0.717, 1.165) is 16.0 Å². The maximum atomic E-state index is 6.15. The van der Waals surface area contributed by atoms with E-state index < -0.39 is 0 Å². The van der Waals surface area contributed by atoms with E-state index in [4.69, 9.17) is 11.6 Å². The molecular weight excluding hydrogens is 314 g/mol. The predicted molar refractivity (Wildman–Crippen MR) is 77.6 cm³/mol. The second-order valence-electron chi connectivity index (χ2n) is 4.71. The van der Waals surface area contributed by atoms with Crippen LogP contribution in [0.15, 0.2) is 16.6 Å². The molecule has 0 radical (unpaired) electrons. The molecule has 0 bridgehead atoms. The predicted octanol–water partition coefficient (Wildman–Crippen LogP) is 4.42. The van der Waals surface area contributed by atoms with Crippen molar-refractivity contribution in [3.05, 3.63) is 38.8 Å². The lowest BCUT2D eigenvalue weighted by Crippen LogP contribution is -2.04. The summed E-state index contributed by atoms with van der Waals surface area (Å²) in [7, 11) is 0. The Morgan fingerprint density at radius 1 is 1.17 bits per heavy atom. The number of benzene rings is 1. The molecule has 3 nitrogen and oxygen atoms in total. The van der Waals surface area contributed by atoms with E-state index in [0.29, 0.717) is 5.28 Å². The SMILES string of the molecule is Cc1cc(-n2c(Cl)nnc2C(C)C)cc(C)c1Br. The molecule has 0 aliphatic heterocycles. The van der Waals surface area contributed by atoms with Crippen LogP contribution >= 0.6 is 27.5 Å². The van der Waals surface area contributed by atoms with E-state index in [1.807, 2.05) is 4.57 Å². The van der Waals surface area contributed by atoms with E-state index >= 15 is 0 Å². The number of hydrogen-bond acceptors (Lipinski definition) is 2. The second kappa shape index (κ2) is 5.02. The van der Waals surface area contributed by atoms with Crippen LogP contribution in [0.2, 0.25) is 5.28 Å². The maximum absolute atomic E-state index is 6.15. The quantitative estimate of drug-likeness (QED) is 0.817. The van der Waals surface area contributed by atoms with Crippen molar-refractivity contribution in [3.8, 4) is 5.69 Å². The molecule has 1 aromatic heterocycles. The van der Waals surface area contributed by atoms with Gasteiger partial charge in [0.15, 0.2) is 0 Å². The molecule has 2 rings (SSSR count). The van der Waals surface area contributed by atoms with E-state index in [-0.39, 0.29) is 5.92 Å². The van der Waals surface area contributed by atoms with Gasteiger partial charge in [0.25, 0.3) is 0 Å². The van der Waals surface area contributed by atoms with Gasteiger partial charge >= 0.3 is 0 Å². The molecule has 1 aromatic carbocycles. The van der Waals surface area contributed by atoms with Gasteiger partial charge in [0, 0.05) is 10.4 Å². The molecule has 0 spiro atoms. The summed E-state index contributed by atoms with van der Waals surface area (Å²) in [5, 5.41) is 8.51. The fourth-order valence-corrected chi connectivity index (χ4v) is 2.39. The van der Waals surface area contributed by atoms with Crippen molar-refractivity contribution >= 4 is 27.5 Å². The van der Waals surface area contributed by atoms with Crippen LogP contribution in [0.5, 0.6) is 0 Å². The first-order valence-corrected chi connectivity index (χ1v) is 6.97. The topological polar surface area (TPSA) is 30.7 Å². The van der Waals surface area contributed by atoms with Crippen molar-refractivity contribution in [2.45, 2.75) is 33.6 Å². The highest BCUT2D eigenvalue weighted by Crippen LogP contribution is 2.28.